The van der Waals surface area contributed by atoms with Crippen molar-refractivity contribution in [1.29, 1.82) is 0 Å². The van der Waals surface area contributed by atoms with Crippen LogP contribution >= 0.6 is 34.7 Å². The molecule has 21 heavy (non-hydrogen) atoms. The second-order valence-corrected chi connectivity index (χ2v) is 7.30. The molecule has 0 fully saturated rings. The number of aryl methyl sites for hydroxylation is 1. The largest absolute Gasteiger partial charge is 0.349 e. The molecule has 104 valence electrons. The normalized spacial score (nSPS) is 11.5. The molecule has 0 saturated heterocycles. The zero-order valence-electron chi connectivity index (χ0n) is 11.1. The molecule has 0 radical (unpaired) electrons. The number of benzene rings is 1. The highest BCUT2D eigenvalue weighted by atomic mass is 35.5. The summed E-state index contributed by atoms with van der Waals surface area (Å²) in [5, 5.41) is 4.49. The average Bonchev–Trinajstić information content (AvgIpc) is 3.00. The molecule has 0 aliphatic carbocycles. The summed E-state index contributed by atoms with van der Waals surface area (Å²) in [4.78, 5) is 14.2. The fourth-order valence-electron chi connectivity index (χ4n) is 2.27. The molecule has 0 aliphatic heterocycles. The quantitative estimate of drug-likeness (QED) is 0.401. The monoisotopic (exact) mass is 331 g/mol. The first kappa shape index (κ1) is 13.1. The minimum absolute atomic E-state index is 0.294. The number of hydrogen-bond acceptors (Lipinski definition) is 4. The first-order valence-corrected chi connectivity index (χ1v) is 8.39. The van der Waals surface area contributed by atoms with Crippen LogP contribution in [0.15, 0.2) is 46.5 Å². The van der Waals surface area contributed by atoms with Crippen molar-refractivity contribution in [2.24, 2.45) is 0 Å². The van der Waals surface area contributed by atoms with E-state index in [9.17, 15) is 0 Å². The molecule has 0 aliphatic rings. The maximum Gasteiger partial charge on any atom is 0.224 e. The van der Waals surface area contributed by atoms with Crippen LogP contribution in [0.4, 0.5) is 0 Å². The topological polar surface area (TPSA) is 41.6 Å². The summed E-state index contributed by atoms with van der Waals surface area (Å²) in [6.45, 7) is 2.07. The van der Waals surface area contributed by atoms with Gasteiger partial charge in [-0.3, -0.25) is 0 Å². The Bertz CT molecular complexity index is 925. The minimum Gasteiger partial charge on any atom is -0.349 e. The highest BCUT2D eigenvalue weighted by Crippen LogP contribution is 2.36. The van der Waals surface area contributed by atoms with Crippen LogP contribution in [-0.4, -0.2) is 15.0 Å². The van der Waals surface area contributed by atoms with E-state index in [1.54, 1.807) is 23.1 Å². The lowest BCUT2D eigenvalue weighted by Crippen LogP contribution is -1.86. The minimum atomic E-state index is 0.294. The van der Waals surface area contributed by atoms with Crippen LogP contribution in [0.25, 0.3) is 21.1 Å². The summed E-state index contributed by atoms with van der Waals surface area (Å²) in [5.74, 6) is 0. The maximum absolute atomic E-state index is 6.04. The summed E-state index contributed by atoms with van der Waals surface area (Å²) in [6.07, 6.45) is 0. The number of aromatic amines is 1. The predicted octanol–water partition coefficient (Wildman–Crippen LogP) is 5.29. The van der Waals surface area contributed by atoms with E-state index >= 15 is 0 Å². The van der Waals surface area contributed by atoms with Crippen LogP contribution in [0.3, 0.4) is 0 Å². The number of hydrogen-bond donors (Lipinski definition) is 1. The molecule has 0 atom stereocenters. The Kier molecular flexibility index (Phi) is 3.14. The molecule has 6 heteroatoms. The second-order valence-electron chi connectivity index (χ2n) is 4.70. The molecular formula is C15H10ClN3S2. The lowest BCUT2D eigenvalue weighted by molar-refractivity contribution is 1.10. The number of fused-ring (bicyclic) bond motifs is 2. The Morgan fingerprint density at radius 2 is 2.05 bits per heavy atom. The zero-order valence-corrected chi connectivity index (χ0v) is 13.4. The number of nitrogens with zero attached hydrogens (tertiary/aromatic N) is 2. The molecule has 3 heterocycles. The van der Waals surface area contributed by atoms with Crippen molar-refractivity contribution in [3.05, 3.63) is 46.6 Å². The highest BCUT2D eigenvalue weighted by molar-refractivity contribution is 7.99. The number of H-pyrrole nitrogens is 1. The Morgan fingerprint density at radius 1 is 1.19 bits per heavy atom. The van der Waals surface area contributed by atoms with E-state index < -0.39 is 0 Å². The van der Waals surface area contributed by atoms with Gasteiger partial charge in [0, 0.05) is 21.2 Å². The Labute approximate surface area is 134 Å². The van der Waals surface area contributed by atoms with E-state index in [1.807, 2.05) is 12.1 Å². The van der Waals surface area contributed by atoms with Gasteiger partial charge in [0.2, 0.25) is 5.28 Å². The van der Waals surface area contributed by atoms with Crippen LogP contribution in [0.1, 0.15) is 4.88 Å². The van der Waals surface area contributed by atoms with Gasteiger partial charge in [-0.05, 0) is 36.7 Å². The van der Waals surface area contributed by atoms with E-state index in [-0.39, 0.29) is 0 Å². The SMILES string of the molecule is Cc1cc2c(Sc3cc4ccccc4[nH]3)nc(Cl)nc2s1. The van der Waals surface area contributed by atoms with Crippen molar-refractivity contribution in [3.63, 3.8) is 0 Å². The van der Waals surface area contributed by atoms with E-state index in [1.165, 1.54) is 10.3 Å². The summed E-state index contributed by atoms with van der Waals surface area (Å²) >= 11 is 9.26. The van der Waals surface area contributed by atoms with Crippen LogP contribution < -0.4 is 0 Å². The summed E-state index contributed by atoms with van der Waals surface area (Å²) in [6, 6.07) is 12.5. The second kappa shape index (κ2) is 5.02. The smallest absolute Gasteiger partial charge is 0.224 e. The third kappa shape index (κ3) is 2.41. The van der Waals surface area contributed by atoms with Gasteiger partial charge < -0.3 is 4.98 Å². The standard InChI is InChI=1S/C15H10ClN3S2/c1-8-6-10-13(20-8)18-15(16)19-14(10)21-12-7-9-4-2-3-5-11(9)17-12/h2-7,17H,1H3. The van der Waals surface area contributed by atoms with E-state index in [0.29, 0.717) is 5.28 Å². The fourth-order valence-corrected chi connectivity index (χ4v) is 4.44. The van der Waals surface area contributed by atoms with Crippen molar-refractivity contribution in [1.82, 2.24) is 15.0 Å². The lowest BCUT2D eigenvalue weighted by atomic mass is 10.3. The van der Waals surface area contributed by atoms with Crippen LogP contribution in [0.2, 0.25) is 5.28 Å². The maximum atomic E-state index is 6.04. The Hall–Kier alpha value is -1.56. The van der Waals surface area contributed by atoms with E-state index in [2.05, 4.69) is 46.1 Å². The third-order valence-corrected chi connectivity index (χ3v) is 5.22. The highest BCUT2D eigenvalue weighted by Gasteiger charge is 2.12. The van der Waals surface area contributed by atoms with Gasteiger partial charge in [-0.15, -0.1) is 11.3 Å². The van der Waals surface area contributed by atoms with Crippen molar-refractivity contribution in [2.45, 2.75) is 17.0 Å². The molecule has 3 nitrogen and oxygen atoms in total. The van der Waals surface area contributed by atoms with Crippen molar-refractivity contribution in [3.8, 4) is 0 Å². The number of para-hydroxylation sites is 1. The summed E-state index contributed by atoms with van der Waals surface area (Å²) in [7, 11) is 0. The average molecular weight is 332 g/mol. The molecule has 0 spiro atoms. The number of nitrogens with one attached hydrogen (secondary N) is 1. The van der Waals surface area contributed by atoms with Gasteiger partial charge >= 0.3 is 0 Å². The molecule has 3 aromatic heterocycles. The van der Waals surface area contributed by atoms with Gasteiger partial charge in [-0.1, -0.05) is 30.0 Å². The zero-order chi connectivity index (χ0) is 14.4. The lowest BCUT2D eigenvalue weighted by Gasteiger charge is -2.00. The molecule has 4 aromatic rings. The summed E-state index contributed by atoms with van der Waals surface area (Å²) < 4.78 is 0. The first-order valence-electron chi connectivity index (χ1n) is 6.38. The number of rotatable bonds is 2. The van der Waals surface area contributed by atoms with Gasteiger partial charge in [0.05, 0.1) is 5.03 Å². The van der Waals surface area contributed by atoms with E-state index in [0.717, 1.165) is 25.8 Å². The molecule has 0 amide bonds. The van der Waals surface area contributed by atoms with E-state index in [4.69, 9.17) is 11.6 Å². The van der Waals surface area contributed by atoms with Crippen LogP contribution in [-0.2, 0) is 0 Å². The van der Waals surface area contributed by atoms with Crippen molar-refractivity contribution < 1.29 is 0 Å². The van der Waals surface area contributed by atoms with Gasteiger partial charge in [0.25, 0.3) is 0 Å². The predicted molar refractivity (Wildman–Crippen MR) is 89.6 cm³/mol. The van der Waals surface area contributed by atoms with Crippen molar-refractivity contribution >= 4 is 55.8 Å². The van der Waals surface area contributed by atoms with Gasteiger partial charge in [-0.2, -0.15) is 0 Å². The molecule has 0 unspecified atom stereocenters. The summed E-state index contributed by atoms with van der Waals surface area (Å²) in [5.41, 5.74) is 1.12. The van der Waals surface area contributed by atoms with Gasteiger partial charge in [0.1, 0.15) is 9.86 Å². The third-order valence-electron chi connectivity index (χ3n) is 3.17. The number of thiophene rings is 1. The molecule has 0 bridgehead atoms. The van der Waals surface area contributed by atoms with Crippen LogP contribution in [0, 0.1) is 6.92 Å². The first-order chi connectivity index (χ1) is 10.2. The molecule has 1 N–H and O–H groups in total. The molecule has 4 rings (SSSR count). The number of aromatic nitrogens is 3. The van der Waals surface area contributed by atoms with Gasteiger partial charge in [0.15, 0.2) is 0 Å². The molecule has 1 aromatic carbocycles. The van der Waals surface area contributed by atoms with Crippen LogP contribution in [0.5, 0.6) is 0 Å². The number of halogens is 1. The van der Waals surface area contributed by atoms with Crippen molar-refractivity contribution in [2.75, 3.05) is 0 Å². The molecular weight excluding hydrogens is 322 g/mol. The fraction of sp³-hybridized carbons (Fsp3) is 0.0667. The van der Waals surface area contributed by atoms with Gasteiger partial charge in [-0.25, -0.2) is 9.97 Å². The molecule has 0 saturated carbocycles. The Morgan fingerprint density at radius 3 is 2.90 bits per heavy atom. The Balaban J connectivity index is 1.82.